The molecule has 1 amide bonds. The van der Waals surface area contributed by atoms with Crippen LogP contribution >= 0.6 is 0 Å². The standard InChI is InChI=1S/C31H32N6O3/c1-4-5-6-11-28(38)37-13-12-21-14-25(29-33-35-36-34-29)27(15-24(21)18-37)39-19-26-20(2)40-30(32-26)31(3)16-22-9-7-8-10-23(22)17-31/h4-11,14-15H,12-13,16-19H2,1-3H3,(H,33,34,35,36)/b5-4+,11-6+. The van der Waals surface area contributed by atoms with Gasteiger partial charge in [0.2, 0.25) is 17.6 Å². The Morgan fingerprint density at radius 1 is 1.15 bits per heavy atom. The predicted octanol–water partition coefficient (Wildman–Crippen LogP) is 4.82. The lowest BCUT2D eigenvalue weighted by Crippen LogP contribution is -2.34. The number of fused-ring (bicyclic) bond motifs is 2. The van der Waals surface area contributed by atoms with E-state index in [0.29, 0.717) is 24.7 Å². The molecule has 2 aromatic carbocycles. The number of hydrogen-bond donors (Lipinski definition) is 1. The van der Waals surface area contributed by atoms with Crippen molar-refractivity contribution in [1.29, 1.82) is 0 Å². The van der Waals surface area contributed by atoms with Crippen molar-refractivity contribution >= 4 is 5.91 Å². The first-order valence-corrected chi connectivity index (χ1v) is 13.6. The summed E-state index contributed by atoms with van der Waals surface area (Å²) in [6.07, 6.45) is 9.64. The van der Waals surface area contributed by atoms with Crippen molar-refractivity contribution in [2.45, 2.75) is 58.6 Å². The van der Waals surface area contributed by atoms with E-state index >= 15 is 0 Å². The molecule has 204 valence electrons. The van der Waals surface area contributed by atoms with Crippen molar-refractivity contribution < 1.29 is 13.9 Å². The smallest absolute Gasteiger partial charge is 0.246 e. The lowest BCUT2D eigenvalue weighted by molar-refractivity contribution is -0.126. The number of carbonyl (C=O) groups excluding carboxylic acids is 1. The number of nitrogens with one attached hydrogen (secondary N) is 1. The number of carbonyl (C=O) groups is 1. The second-order valence-electron chi connectivity index (χ2n) is 10.7. The fourth-order valence-corrected chi connectivity index (χ4v) is 5.62. The Kier molecular flexibility index (Phi) is 6.79. The van der Waals surface area contributed by atoms with Crippen LogP contribution in [0.4, 0.5) is 0 Å². The Labute approximate surface area is 233 Å². The highest BCUT2D eigenvalue weighted by Crippen LogP contribution is 2.40. The summed E-state index contributed by atoms with van der Waals surface area (Å²) in [4.78, 5) is 19.4. The SMILES string of the molecule is C/C=C/C=C/C(=O)N1CCc2cc(-c3nn[nH]n3)c(OCc3nc(C4(C)Cc5ccccc5C4)oc3C)cc2C1. The third kappa shape index (κ3) is 4.95. The van der Waals surface area contributed by atoms with Crippen LogP contribution in [-0.4, -0.2) is 43.0 Å². The average Bonchev–Trinajstić information content (AvgIpc) is 3.70. The quantitative estimate of drug-likeness (QED) is 0.266. The van der Waals surface area contributed by atoms with Crippen LogP contribution in [-0.2, 0) is 42.6 Å². The first-order chi connectivity index (χ1) is 19.4. The van der Waals surface area contributed by atoms with E-state index in [0.717, 1.165) is 53.3 Å². The van der Waals surface area contributed by atoms with Gasteiger partial charge in [-0.25, -0.2) is 4.98 Å². The van der Waals surface area contributed by atoms with Gasteiger partial charge in [0.15, 0.2) is 0 Å². The summed E-state index contributed by atoms with van der Waals surface area (Å²) in [6.45, 7) is 7.44. The normalized spacial score (nSPS) is 16.0. The molecule has 9 nitrogen and oxygen atoms in total. The van der Waals surface area contributed by atoms with Gasteiger partial charge in [-0.05, 0) is 72.7 Å². The number of aromatic nitrogens is 5. The average molecular weight is 537 g/mol. The van der Waals surface area contributed by atoms with Crippen LogP contribution in [0.1, 0.15) is 53.4 Å². The molecule has 4 aromatic rings. The first kappa shape index (κ1) is 25.7. The molecule has 0 fully saturated rings. The molecule has 1 aliphatic heterocycles. The zero-order valence-electron chi connectivity index (χ0n) is 23.0. The summed E-state index contributed by atoms with van der Waals surface area (Å²) in [5, 5.41) is 14.7. The molecule has 1 N–H and O–H groups in total. The zero-order chi connectivity index (χ0) is 27.7. The number of amides is 1. The van der Waals surface area contributed by atoms with Gasteiger partial charge >= 0.3 is 0 Å². The van der Waals surface area contributed by atoms with E-state index in [9.17, 15) is 4.79 Å². The van der Waals surface area contributed by atoms with Crippen LogP contribution in [0.2, 0.25) is 0 Å². The number of rotatable bonds is 7. The van der Waals surface area contributed by atoms with Gasteiger partial charge in [0.1, 0.15) is 23.8 Å². The molecule has 1 aliphatic carbocycles. The number of nitrogens with zero attached hydrogens (tertiary/aromatic N) is 5. The van der Waals surface area contributed by atoms with Crippen LogP contribution in [0.15, 0.2) is 65.1 Å². The van der Waals surface area contributed by atoms with Gasteiger partial charge in [-0.2, -0.15) is 5.21 Å². The highest BCUT2D eigenvalue weighted by atomic mass is 16.5. The maximum absolute atomic E-state index is 12.7. The lowest BCUT2D eigenvalue weighted by Gasteiger charge is -2.29. The number of aromatic amines is 1. The summed E-state index contributed by atoms with van der Waals surface area (Å²) in [5.74, 6) is 2.54. The largest absolute Gasteiger partial charge is 0.486 e. The number of oxazole rings is 1. The van der Waals surface area contributed by atoms with Crippen molar-refractivity contribution in [1.82, 2.24) is 30.5 Å². The van der Waals surface area contributed by atoms with Gasteiger partial charge in [-0.15, -0.1) is 10.2 Å². The Morgan fingerprint density at radius 3 is 2.67 bits per heavy atom. The molecule has 9 heteroatoms. The van der Waals surface area contributed by atoms with Gasteiger partial charge in [-0.1, -0.05) is 49.4 Å². The summed E-state index contributed by atoms with van der Waals surface area (Å²) < 4.78 is 12.6. The van der Waals surface area contributed by atoms with E-state index in [1.54, 1.807) is 12.2 Å². The fraction of sp³-hybridized carbons (Fsp3) is 0.323. The monoisotopic (exact) mass is 536 g/mol. The molecule has 2 aliphatic rings. The molecule has 0 radical (unpaired) electrons. The molecular weight excluding hydrogens is 504 g/mol. The van der Waals surface area contributed by atoms with Crippen molar-refractivity contribution in [2.75, 3.05) is 6.54 Å². The van der Waals surface area contributed by atoms with Crippen LogP contribution in [0.3, 0.4) is 0 Å². The molecule has 6 rings (SSSR count). The number of allylic oxidation sites excluding steroid dienone is 3. The number of aryl methyl sites for hydroxylation is 1. The van der Waals surface area contributed by atoms with Crippen LogP contribution in [0.25, 0.3) is 11.4 Å². The van der Waals surface area contributed by atoms with E-state index in [-0.39, 0.29) is 17.9 Å². The minimum atomic E-state index is -0.189. The van der Waals surface area contributed by atoms with Crippen LogP contribution in [0.5, 0.6) is 5.75 Å². The highest BCUT2D eigenvalue weighted by molar-refractivity contribution is 5.88. The van der Waals surface area contributed by atoms with Gasteiger partial charge < -0.3 is 14.1 Å². The summed E-state index contributed by atoms with van der Waals surface area (Å²) in [6, 6.07) is 12.6. The maximum Gasteiger partial charge on any atom is 0.246 e. The Hall–Kier alpha value is -4.53. The van der Waals surface area contributed by atoms with Gasteiger partial charge in [0.05, 0.1) is 11.0 Å². The van der Waals surface area contributed by atoms with Crippen molar-refractivity contribution in [3.05, 3.63) is 100 Å². The van der Waals surface area contributed by atoms with Crippen molar-refractivity contribution in [3.8, 4) is 17.1 Å². The molecule has 0 saturated heterocycles. The maximum atomic E-state index is 12.7. The van der Waals surface area contributed by atoms with Crippen LogP contribution in [0, 0.1) is 6.92 Å². The molecule has 0 bridgehead atoms. The zero-order valence-corrected chi connectivity index (χ0v) is 23.0. The van der Waals surface area contributed by atoms with Gasteiger partial charge in [-0.3, -0.25) is 4.79 Å². The van der Waals surface area contributed by atoms with Crippen molar-refractivity contribution in [2.24, 2.45) is 0 Å². The fourth-order valence-electron chi connectivity index (χ4n) is 5.62. The number of hydrogen-bond acceptors (Lipinski definition) is 7. The van der Waals surface area contributed by atoms with E-state index in [1.807, 2.05) is 43.0 Å². The second kappa shape index (κ2) is 10.6. The topological polar surface area (TPSA) is 110 Å². The predicted molar refractivity (Wildman–Crippen MR) is 149 cm³/mol. The molecule has 0 saturated carbocycles. The Bertz CT molecular complexity index is 1580. The van der Waals surface area contributed by atoms with E-state index < -0.39 is 0 Å². The molecule has 0 unspecified atom stereocenters. The lowest BCUT2D eigenvalue weighted by atomic mass is 9.87. The van der Waals surface area contributed by atoms with Gasteiger partial charge in [0, 0.05) is 19.2 Å². The number of H-pyrrole nitrogens is 1. The Morgan fingerprint density at radius 2 is 1.95 bits per heavy atom. The van der Waals surface area contributed by atoms with Gasteiger partial charge in [0.25, 0.3) is 0 Å². The van der Waals surface area contributed by atoms with E-state index in [1.165, 1.54) is 11.1 Å². The molecular formula is C31H32N6O3. The Balaban J connectivity index is 1.24. The number of benzene rings is 2. The summed E-state index contributed by atoms with van der Waals surface area (Å²) in [5.41, 5.74) is 6.20. The number of tetrazole rings is 1. The minimum absolute atomic E-state index is 0.0122. The molecule has 0 atom stereocenters. The third-order valence-electron chi connectivity index (χ3n) is 7.81. The first-order valence-electron chi connectivity index (χ1n) is 13.6. The van der Waals surface area contributed by atoms with E-state index in [4.69, 9.17) is 14.1 Å². The molecule has 3 heterocycles. The molecule has 40 heavy (non-hydrogen) atoms. The minimum Gasteiger partial charge on any atom is -0.486 e. The van der Waals surface area contributed by atoms with Crippen LogP contribution < -0.4 is 4.74 Å². The highest BCUT2D eigenvalue weighted by Gasteiger charge is 2.39. The van der Waals surface area contributed by atoms with E-state index in [2.05, 4.69) is 51.8 Å². The van der Waals surface area contributed by atoms with Crippen molar-refractivity contribution in [3.63, 3.8) is 0 Å². The summed E-state index contributed by atoms with van der Waals surface area (Å²) >= 11 is 0. The molecule has 2 aromatic heterocycles. The molecule has 0 spiro atoms. The third-order valence-corrected chi connectivity index (χ3v) is 7.81. The summed E-state index contributed by atoms with van der Waals surface area (Å²) in [7, 11) is 0. The second-order valence-corrected chi connectivity index (χ2v) is 10.7. The number of ether oxygens (including phenoxy) is 1.